The molecule has 1 aliphatic heterocycles. The number of carbonyl (C=O) groups excluding carboxylic acids is 1. The molecule has 1 saturated heterocycles. The van der Waals surface area contributed by atoms with Gasteiger partial charge in [-0.25, -0.2) is 19.7 Å². The van der Waals surface area contributed by atoms with Crippen LogP contribution in [-0.2, 0) is 30.8 Å². The van der Waals surface area contributed by atoms with Crippen LogP contribution in [0.3, 0.4) is 0 Å². The second-order valence-corrected chi connectivity index (χ2v) is 21.0. The second-order valence-electron chi connectivity index (χ2n) is 15.9. The first kappa shape index (κ1) is 42.0. The van der Waals surface area contributed by atoms with E-state index in [0.29, 0.717) is 28.2 Å². The van der Waals surface area contributed by atoms with Gasteiger partial charge in [-0.3, -0.25) is 4.57 Å². The predicted molar refractivity (Wildman–Crippen MR) is 226 cm³/mol. The summed E-state index contributed by atoms with van der Waals surface area (Å²) in [5.41, 5.74) is 2.40. The molecule has 12 nitrogen and oxygen atoms in total. The Balaban J connectivity index is 1.27. The molecule has 4 atom stereocenters. The van der Waals surface area contributed by atoms with Crippen molar-refractivity contribution in [3.8, 4) is 11.5 Å². The highest BCUT2D eigenvalue weighted by Gasteiger charge is 2.52. The molecule has 3 heterocycles. The number of benzene rings is 4. The number of carbonyl (C=O) groups is 1. The maximum absolute atomic E-state index is 12.7. The fraction of sp³-hybridized carbons (Fsp3) is 0.333. The van der Waals surface area contributed by atoms with Gasteiger partial charge in [0.2, 0.25) is 0 Å². The van der Waals surface area contributed by atoms with Crippen molar-refractivity contribution in [3.05, 3.63) is 149 Å². The highest BCUT2D eigenvalue weighted by atomic mass is 35.5. The van der Waals surface area contributed by atoms with Crippen LogP contribution in [0.4, 0.5) is 0 Å². The molecule has 14 heteroatoms. The first-order chi connectivity index (χ1) is 28.3. The van der Waals surface area contributed by atoms with Crippen LogP contribution in [0, 0.1) is 0 Å². The van der Waals surface area contributed by atoms with Crippen molar-refractivity contribution >= 4 is 37.1 Å². The number of halogens is 1. The summed E-state index contributed by atoms with van der Waals surface area (Å²) in [7, 11) is 0.742. The molecule has 1 N–H and O–H groups in total. The number of rotatable bonds is 14. The van der Waals surface area contributed by atoms with Crippen LogP contribution in [0.5, 0.6) is 11.5 Å². The van der Waals surface area contributed by atoms with Gasteiger partial charge < -0.3 is 33.2 Å². The van der Waals surface area contributed by atoms with Gasteiger partial charge in [-0.2, -0.15) is 0 Å². The average Bonchev–Trinajstić information content (AvgIpc) is 3.80. The van der Waals surface area contributed by atoms with E-state index in [1.54, 1.807) is 43.1 Å². The molecule has 7 rings (SSSR count). The molecule has 0 radical (unpaired) electrons. The van der Waals surface area contributed by atoms with Gasteiger partial charge in [0.15, 0.2) is 37.8 Å². The van der Waals surface area contributed by atoms with Crippen molar-refractivity contribution in [2.24, 2.45) is 0 Å². The average molecular weight is 837 g/mol. The molecule has 4 aromatic carbocycles. The number of imidazole rings is 1. The maximum atomic E-state index is 12.7. The molecule has 2 aromatic heterocycles. The van der Waals surface area contributed by atoms with Crippen molar-refractivity contribution < 1.29 is 38.0 Å². The smallest absolute Gasteiger partial charge is 0.338 e. The van der Waals surface area contributed by atoms with E-state index in [-0.39, 0.29) is 29.2 Å². The highest BCUT2D eigenvalue weighted by Crippen LogP contribution is 2.45. The fourth-order valence-electron chi connectivity index (χ4n) is 6.99. The molecule has 0 aliphatic carbocycles. The van der Waals surface area contributed by atoms with E-state index in [9.17, 15) is 9.90 Å². The highest BCUT2D eigenvalue weighted by molar-refractivity contribution is 6.74. The van der Waals surface area contributed by atoms with Crippen molar-refractivity contribution in [3.63, 3.8) is 0 Å². The van der Waals surface area contributed by atoms with E-state index in [0.717, 1.165) is 16.7 Å². The molecule has 0 amide bonds. The molecule has 0 bridgehead atoms. The molecule has 1 aliphatic rings. The van der Waals surface area contributed by atoms with Gasteiger partial charge >= 0.3 is 5.97 Å². The minimum atomic E-state index is -2.52. The van der Waals surface area contributed by atoms with E-state index in [1.807, 2.05) is 84.9 Å². The molecule has 59 heavy (non-hydrogen) atoms. The number of fused-ring (bicyclic) bond motifs is 1. The summed E-state index contributed by atoms with van der Waals surface area (Å²) in [5, 5.41) is 12.2. The Labute approximate surface area is 350 Å². The quantitative estimate of drug-likeness (QED) is 0.0490. The Bertz CT molecular complexity index is 2310. The van der Waals surface area contributed by atoms with Gasteiger partial charge in [0.1, 0.15) is 40.9 Å². The summed E-state index contributed by atoms with van der Waals surface area (Å²) < 4.78 is 39.3. The van der Waals surface area contributed by atoms with Crippen molar-refractivity contribution in [2.75, 3.05) is 20.8 Å². The van der Waals surface area contributed by atoms with Gasteiger partial charge in [-0.1, -0.05) is 105 Å². The van der Waals surface area contributed by atoms with Crippen LogP contribution in [0.2, 0.25) is 23.3 Å². The summed E-state index contributed by atoms with van der Waals surface area (Å²) in [5.74, 6) is 1.03. The van der Waals surface area contributed by atoms with Crippen LogP contribution in [-0.4, -0.2) is 78.1 Å². The van der Waals surface area contributed by atoms with Crippen LogP contribution in [0.15, 0.2) is 116 Å². The van der Waals surface area contributed by atoms with Crippen molar-refractivity contribution in [1.29, 1.82) is 0 Å². The van der Waals surface area contributed by atoms with E-state index >= 15 is 0 Å². The molecule has 0 unspecified atom stereocenters. The number of aliphatic hydroxyl groups is 1. The number of hydrogen-bond acceptors (Lipinski definition) is 11. The fourth-order valence-corrected chi connectivity index (χ4v) is 8.55. The molecule has 0 saturated carbocycles. The number of ether oxygens (including phenoxy) is 5. The third-order valence-corrected chi connectivity index (χ3v) is 16.0. The molecular formula is C45H49ClN4O8Si. The Morgan fingerprint density at radius 1 is 0.831 bits per heavy atom. The maximum Gasteiger partial charge on any atom is 0.338 e. The number of nitrogens with zero attached hydrogens (tertiary/aromatic N) is 4. The topological polar surface area (TPSA) is 136 Å². The summed E-state index contributed by atoms with van der Waals surface area (Å²) in [6, 6.07) is 34.2. The monoisotopic (exact) mass is 836 g/mol. The number of aromatic nitrogens is 4. The van der Waals surface area contributed by atoms with Gasteiger partial charge in [-0.05, 0) is 71.2 Å². The van der Waals surface area contributed by atoms with Gasteiger partial charge in [0.25, 0.3) is 0 Å². The van der Waals surface area contributed by atoms with E-state index in [2.05, 4.69) is 48.8 Å². The summed E-state index contributed by atoms with van der Waals surface area (Å²) in [6.07, 6.45) is -2.28. The number of aliphatic hydroxyl groups excluding tert-OH is 1. The number of methoxy groups -OCH3 is 2. The van der Waals surface area contributed by atoms with Crippen LogP contribution in [0.25, 0.3) is 11.2 Å². The lowest BCUT2D eigenvalue weighted by Crippen LogP contribution is -2.50. The summed E-state index contributed by atoms with van der Waals surface area (Å²) >= 11 is 6.63. The van der Waals surface area contributed by atoms with Crippen molar-refractivity contribution in [1.82, 2.24) is 19.5 Å². The van der Waals surface area contributed by atoms with E-state index < -0.39 is 44.4 Å². The second kappa shape index (κ2) is 17.2. The lowest BCUT2D eigenvalue weighted by Gasteiger charge is -2.41. The summed E-state index contributed by atoms with van der Waals surface area (Å²) in [6.45, 7) is 10.5. The largest absolute Gasteiger partial charge is 0.497 e. The molecule has 1 fully saturated rings. The SMILES string of the molecule is COc1ccc(C(OC[C@H]2O[C@@H](n3cnc4c(Cl)nc(COC(=O)c5ccccc5)nc43)[C@H](O)[C@@H]2O[Si](C)(C)C(C)(C)C)(c2ccccc2)c2ccc(OC)cc2)cc1. The van der Waals surface area contributed by atoms with E-state index in [1.165, 1.54) is 6.33 Å². The molecule has 0 spiro atoms. The van der Waals surface area contributed by atoms with Crippen LogP contribution >= 0.6 is 11.6 Å². The zero-order chi connectivity index (χ0) is 42.0. The lowest BCUT2D eigenvalue weighted by molar-refractivity contribution is -0.0930. The standard InChI is InChI=1S/C45H49ClN4O8Si/c1-44(2,3)59(6,7)58-39-35(26-56-45(30-16-12-9-13-17-30,31-18-22-33(53-4)23-19-31)32-20-24-34(54-5)25-21-32)57-42(38(39)51)50-28-47-37-40(46)48-36(49-41(37)50)27-55-43(52)29-14-10-8-11-15-29/h8-25,28,35,38-39,42,51H,26-27H2,1-7H3/t35-,38-,39-,42-/m1/s1. The Hall–Kier alpha value is -5.15. The number of hydrogen-bond donors (Lipinski definition) is 1. The minimum absolute atomic E-state index is 0.00284. The van der Waals surface area contributed by atoms with Gasteiger partial charge in [0, 0.05) is 0 Å². The molecule has 6 aromatic rings. The van der Waals surface area contributed by atoms with Gasteiger partial charge in [0.05, 0.1) is 32.7 Å². The predicted octanol–water partition coefficient (Wildman–Crippen LogP) is 8.51. The first-order valence-electron chi connectivity index (χ1n) is 19.4. The van der Waals surface area contributed by atoms with E-state index in [4.69, 9.17) is 39.7 Å². The molecule has 308 valence electrons. The zero-order valence-electron chi connectivity index (χ0n) is 34.2. The van der Waals surface area contributed by atoms with Crippen LogP contribution in [0.1, 0.15) is 59.9 Å². The Kier molecular flexibility index (Phi) is 12.2. The molecular weight excluding hydrogens is 788 g/mol. The van der Waals surface area contributed by atoms with Crippen LogP contribution < -0.4 is 9.47 Å². The summed E-state index contributed by atoms with van der Waals surface area (Å²) in [4.78, 5) is 26.3. The number of esters is 1. The third-order valence-electron chi connectivity index (χ3n) is 11.2. The van der Waals surface area contributed by atoms with Crippen molar-refractivity contribution in [2.45, 2.75) is 75.7 Å². The Morgan fingerprint density at radius 3 is 1.95 bits per heavy atom. The normalized spacial score (nSPS) is 18.5. The minimum Gasteiger partial charge on any atom is -0.497 e. The lowest BCUT2D eigenvalue weighted by atomic mass is 9.80. The van der Waals surface area contributed by atoms with Gasteiger partial charge in [-0.15, -0.1) is 0 Å². The zero-order valence-corrected chi connectivity index (χ0v) is 35.9. The Morgan fingerprint density at radius 2 is 1.39 bits per heavy atom. The third kappa shape index (κ3) is 8.49. The first-order valence-corrected chi connectivity index (χ1v) is 22.7.